The van der Waals surface area contributed by atoms with Gasteiger partial charge in [0, 0.05) is 19.6 Å². The molecule has 0 spiro atoms. The lowest BCUT2D eigenvalue weighted by Crippen LogP contribution is -2.38. The molecule has 0 saturated carbocycles. The van der Waals surface area contributed by atoms with Crippen LogP contribution in [0.2, 0.25) is 0 Å². The summed E-state index contributed by atoms with van der Waals surface area (Å²) in [6.07, 6.45) is 0.970. The van der Waals surface area contributed by atoms with E-state index in [1.165, 1.54) is 0 Å². The highest BCUT2D eigenvalue weighted by Crippen LogP contribution is 2.38. The summed E-state index contributed by atoms with van der Waals surface area (Å²) in [7, 11) is 3.97. The second-order valence-electron chi connectivity index (χ2n) is 10.5. The van der Waals surface area contributed by atoms with Crippen LogP contribution in [-0.2, 0) is 23.3 Å². The zero-order valence-electron chi connectivity index (χ0n) is 22.5. The molecule has 2 aromatic carbocycles. The number of amides is 2. The summed E-state index contributed by atoms with van der Waals surface area (Å²) in [6, 6.07) is 19.4. The van der Waals surface area contributed by atoms with Crippen LogP contribution in [-0.4, -0.2) is 55.4 Å². The van der Waals surface area contributed by atoms with Gasteiger partial charge in [-0.1, -0.05) is 57.2 Å². The number of anilines is 1. The Morgan fingerprint density at radius 2 is 1.78 bits per heavy atom. The van der Waals surface area contributed by atoms with E-state index in [9.17, 15) is 9.59 Å². The molecule has 0 unspecified atom stereocenters. The monoisotopic (exact) mass is 503 g/mol. The first-order valence-corrected chi connectivity index (χ1v) is 12.8. The van der Waals surface area contributed by atoms with Gasteiger partial charge in [-0.3, -0.25) is 14.5 Å². The maximum Gasteiger partial charge on any atom is 0.289 e. The Kier molecular flexibility index (Phi) is 8.03. The Labute approximate surface area is 219 Å². The number of benzene rings is 2. The van der Waals surface area contributed by atoms with Crippen molar-refractivity contribution in [3.05, 3.63) is 83.3 Å². The van der Waals surface area contributed by atoms with E-state index in [1.807, 2.05) is 56.6 Å². The summed E-state index contributed by atoms with van der Waals surface area (Å²) in [5, 5.41) is 0. The molecule has 196 valence electrons. The second kappa shape index (κ2) is 11.2. The summed E-state index contributed by atoms with van der Waals surface area (Å²) >= 11 is 0. The summed E-state index contributed by atoms with van der Waals surface area (Å²) in [5.74, 6) is 1.19. The molecule has 37 heavy (non-hydrogen) atoms. The summed E-state index contributed by atoms with van der Waals surface area (Å²) in [6.45, 7) is 8.54. The first-order valence-electron chi connectivity index (χ1n) is 12.8. The van der Waals surface area contributed by atoms with Gasteiger partial charge >= 0.3 is 0 Å². The Hall–Kier alpha value is -3.58. The van der Waals surface area contributed by atoms with Crippen LogP contribution in [0, 0.1) is 0 Å². The number of carbonyl (C=O) groups is 2. The van der Waals surface area contributed by atoms with E-state index in [4.69, 9.17) is 9.15 Å². The summed E-state index contributed by atoms with van der Waals surface area (Å²) in [5.41, 5.74) is 2.91. The third-order valence-electron chi connectivity index (χ3n) is 7.07. The van der Waals surface area contributed by atoms with Gasteiger partial charge in [0.2, 0.25) is 0 Å². The molecule has 7 heteroatoms. The van der Waals surface area contributed by atoms with Gasteiger partial charge in [-0.2, -0.15) is 0 Å². The number of ether oxygens (including phenoxy) is 1. The fourth-order valence-electron chi connectivity index (χ4n) is 4.27. The average Bonchev–Trinajstić information content (AvgIpc) is 3.36. The van der Waals surface area contributed by atoms with Gasteiger partial charge in [-0.15, -0.1) is 0 Å². The summed E-state index contributed by atoms with van der Waals surface area (Å²) in [4.78, 5) is 31.8. The van der Waals surface area contributed by atoms with Crippen molar-refractivity contribution in [2.45, 2.75) is 45.7 Å². The lowest BCUT2D eigenvalue weighted by molar-refractivity contribution is -0.121. The van der Waals surface area contributed by atoms with Gasteiger partial charge < -0.3 is 19.0 Å². The topological polar surface area (TPSA) is 66.2 Å². The van der Waals surface area contributed by atoms with Gasteiger partial charge in [-0.25, -0.2) is 0 Å². The number of rotatable bonds is 10. The molecule has 0 fully saturated rings. The SMILES string of the molecule is CCC(C)(C)c1ccc2c(c1)N(Cc1ccc(C(=O)N(CCN(C)C)Cc3ccccc3)o1)C(=O)CO2. The normalized spacial score (nSPS) is 13.5. The first-order chi connectivity index (χ1) is 17.7. The molecule has 0 atom stereocenters. The number of fused-ring (bicyclic) bond motifs is 1. The molecule has 0 saturated heterocycles. The van der Waals surface area contributed by atoms with E-state index >= 15 is 0 Å². The van der Waals surface area contributed by atoms with Gasteiger partial charge in [0.1, 0.15) is 11.5 Å². The third kappa shape index (κ3) is 6.23. The number of nitrogens with zero attached hydrogens (tertiary/aromatic N) is 3. The molecule has 1 aliphatic rings. The zero-order chi connectivity index (χ0) is 26.6. The molecule has 3 aromatic rings. The highest BCUT2D eigenvalue weighted by molar-refractivity contribution is 5.98. The van der Waals surface area contributed by atoms with E-state index in [-0.39, 0.29) is 36.1 Å². The Morgan fingerprint density at radius 1 is 1.03 bits per heavy atom. The van der Waals surface area contributed by atoms with E-state index in [0.29, 0.717) is 24.6 Å². The highest BCUT2D eigenvalue weighted by Gasteiger charge is 2.29. The van der Waals surface area contributed by atoms with Gasteiger partial charge in [0.25, 0.3) is 11.8 Å². The molecule has 1 aromatic heterocycles. The van der Waals surface area contributed by atoms with Crippen molar-refractivity contribution in [2.75, 3.05) is 38.7 Å². The van der Waals surface area contributed by atoms with Crippen molar-refractivity contribution in [3.63, 3.8) is 0 Å². The highest BCUT2D eigenvalue weighted by atomic mass is 16.5. The minimum Gasteiger partial charge on any atom is -0.482 e. The Bertz CT molecular complexity index is 1230. The number of carbonyl (C=O) groups excluding carboxylic acids is 2. The van der Waals surface area contributed by atoms with Crippen molar-refractivity contribution >= 4 is 17.5 Å². The number of furan rings is 1. The molecule has 0 radical (unpaired) electrons. The zero-order valence-corrected chi connectivity index (χ0v) is 22.5. The summed E-state index contributed by atoms with van der Waals surface area (Å²) < 4.78 is 11.7. The molecule has 0 aliphatic carbocycles. The van der Waals surface area contributed by atoms with Crippen LogP contribution in [0.15, 0.2) is 65.1 Å². The molecular weight excluding hydrogens is 466 g/mol. The molecule has 2 amide bonds. The average molecular weight is 504 g/mol. The van der Waals surface area contributed by atoms with E-state index in [0.717, 1.165) is 29.8 Å². The van der Waals surface area contributed by atoms with Crippen molar-refractivity contribution in [1.29, 1.82) is 0 Å². The van der Waals surface area contributed by atoms with Crippen molar-refractivity contribution in [3.8, 4) is 5.75 Å². The molecule has 1 aliphatic heterocycles. The number of hydrogen-bond acceptors (Lipinski definition) is 5. The lowest BCUT2D eigenvalue weighted by Gasteiger charge is -2.31. The Morgan fingerprint density at radius 3 is 2.49 bits per heavy atom. The van der Waals surface area contributed by atoms with Crippen LogP contribution in [0.25, 0.3) is 0 Å². The molecule has 7 nitrogen and oxygen atoms in total. The quantitative estimate of drug-likeness (QED) is 0.385. The van der Waals surface area contributed by atoms with E-state index in [1.54, 1.807) is 21.9 Å². The number of hydrogen-bond donors (Lipinski definition) is 0. The standard InChI is InChI=1S/C30H37N3O4/c1-6-30(2,3)23-12-14-26-25(18-23)33(28(34)21-36-26)20-24-13-15-27(37-24)29(35)32(17-16-31(4)5)19-22-10-8-7-9-11-22/h7-15,18H,6,16-17,19-21H2,1-5H3. The van der Waals surface area contributed by atoms with Crippen LogP contribution >= 0.6 is 0 Å². The van der Waals surface area contributed by atoms with Crippen LogP contribution in [0.3, 0.4) is 0 Å². The van der Waals surface area contributed by atoms with E-state index in [2.05, 4.69) is 31.7 Å². The largest absolute Gasteiger partial charge is 0.482 e. The molecule has 4 rings (SSSR count). The molecule has 2 heterocycles. The second-order valence-corrected chi connectivity index (χ2v) is 10.5. The third-order valence-corrected chi connectivity index (χ3v) is 7.07. The van der Waals surface area contributed by atoms with Crippen molar-refractivity contribution < 1.29 is 18.7 Å². The molecular formula is C30H37N3O4. The smallest absolute Gasteiger partial charge is 0.289 e. The molecule has 0 N–H and O–H groups in total. The van der Waals surface area contributed by atoms with Crippen LogP contribution in [0.1, 0.15) is 54.6 Å². The van der Waals surface area contributed by atoms with Crippen LogP contribution in [0.4, 0.5) is 5.69 Å². The maximum atomic E-state index is 13.4. The fourth-order valence-corrected chi connectivity index (χ4v) is 4.27. The van der Waals surface area contributed by atoms with Crippen molar-refractivity contribution in [1.82, 2.24) is 9.80 Å². The maximum absolute atomic E-state index is 13.4. The van der Waals surface area contributed by atoms with Crippen LogP contribution in [0.5, 0.6) is 5.75 Å². The van der Waals surface area contributed by atoms with Crippen molar-refractivity contribution in [2.24, 2.45) is 0 Å². The van der Waals surface area contributed by atoms with Gasteiger partial charge in [-0.05, 0) is 61.3 Å². The minimum atomic E-state index is -0.169. The van der Waals surface area contributed by atoms with Gasteiger partial charge in [0.15, 0.2) is 12.4 Å². The Balaban J connectivity index is 1.55. The minimum absolute atomic E-state index is 0.0224. The fraction of sp³-hybridized carbons (Fsp3) is 0.400. The predicted octanol–water partition coefficient (Wildman–Crippen LogP) is 5.10. The predicted molar refractivity (Wildman–Crippen MR) is 145 cm³/mol. The van der Waals surface area contributed by atoms with E-state index < -0.39 is 0 Å². The first kappa shape index (κ1) is 26.5. The lowest BCUT2D eigenvalue weighted by atomic mass is 9.82. The number of likely N-dealkylation sites (N-methyl/N-ethyl adjacent to an activating group) is 1. The van der Waals surface area contributed by atoms with Gasteiger partial charge in [0.05, 0.1) is 12.2 Å². The molecule has 0 bridgehead atoms. The van der Waals surface area contributed by atoms with Crippen LogP contribution < -0.4 is 9.64 Å².